The first-order valence-corrected chi connectivity index (χ1v) is 4.13. The molecule has 0 atom stereocenters. The summed E-state index contributed by atoms with van der Waals surface area (Å²) in [5, 5.41) is 0. The molecule has 0 saturated heterocycles. The SMILES string of the molecule is F[B]F.c1c[nH]c(Cc2ccc[nH]2)c1. The third-order valence-corrected chi connectivity index (χ3v) is 1.71. The van der Waals surface area contributed by atoms with Crippen LogP contribution in [-0.4, -0.2) is 17.8 Å². The molecule has 0 saturated carbocycles. The first-order valence-electron chi connectivity index (χ1n) is 4.13. The van der Waals surface area contributed by atoms with Crippen molar-refractivity contribution in [1.29, 1.82) is 0 Å². The summed E-state index contributed by atoms with van der Waals surface area (Å²) < 4.78 is 19.0. The summed E-state index contributed by atoms with van der Waals surface area (Å²) in [6.07, 6.45) is 4.84. The van der Waals surface area contributed by atoms with E-state index < -0.39 is 7.83 Å². The highest BCUT2D eigenvalue weighted by Gasteiger charge is 1.94. The maximum atomic E-state index is 9.50. The Kier molecular flexibility index (Phi) is 4.54. The Morgan fingerprint density at radius 1 is 1.00 bits per heavy atom. The maximum absolute atomic E-state index is 9.50. The lowest BCUT2D eigenvalue weighted by atomic mass is 10.2. The van der Waals surface area contributed by atoms with Crippen molar-refractivity contribution >= 4 is 7.83 Å². The highest BCUT2D eigenvalue weighted by atomic mass is 19.2. The highest BCUT2D eigenvalue weighted by Crippen LogP contribution is 2.03. The van der Waals surface area contributed by atoms with Gasteiger partial charge in [-0.15, -0.1) is 0 Å². The number of aromatic amines is 2. The van der Waals surface area contributed by atoms with Crippen molar-refractivity contribution in [3.8, 4) is 0 Å². The lowest BCUT2D eigenvalue weighted by Gasteiger charge is -1.92. The Morgan fingerprint density at radius 3 is 1.71 bits per heavy atom. The van der Waals surface area contributed by atoms with Gasteiger partial charge in [-0.1, -0.05) is 0 Å². The van der Waals surface area contributed by atoms with Crippen LogP contribution in [0, 0.1) is 0 Å². The third-order valence-electron chi connectivity index (χ3n) is 1.71. The smallest absolute Gasteiger partial charge is 0.365 e. The molecule has 2 rings (SSSR count). The molecule has 0 fully saturated rings. The summed E-state index contributed by atoms with van der Waals surface area (Å²) in [6, 6.07) is 8.19. The maximum Gasteiger partial charge on any atom is 0.577 e. The molecule has 2 aromatic rings. The molecule has 0 aliphatic carbocycles. The molecule has 0 aliphatic rings. The fraction of sp³-hybridized carbons (Fsp3) is 0.111. The predicted octanol–water partition coefficient (Wildman–Crippen LogP) is 2.39. The minimum absolute atomic E-state index is 0.958. The molecule has 0 amide bonds. The van der Waals surface area contributed by atoms with Crippen molar-refractivity contribution < 1.29 is 8.63 Å². The molecular formula is C9H10BF2N2. The highest BCUT2D eigenvalue weighted by molar-refractivity contribution is 6.15. The van der Waals surface area contributed by atoms with E-state index in [1.807, 2.05) is 24.5 Å². The molecule has 73 valence electrons. The van der Waals surface area contributed by atoms with Gasteiger partial charge in [-0.2, -0.15) is 0 Å². The number of hydrogen-bond donors (Lipinski definition) is 2. The predicted molar refractivity (Wildman–Crippen MR) is 52.4 cm³/mol. The van der Waals surface area contributed by atoms with Gasteiger partial charge in [0.1, 0.15) is 0 Å². The van der Waals surface area contributed by atoms with E-state index >= 15 is 0 Å². The van der Waals surface area contributed by atoms with Gasteiger partial charge < -0.3 is 9.97 Å². The van der Waals surface area contributed by atoms with Gasteiger partial charge in [-0.3, -0.25) is 8.63 Å². The quantitative estimate of drug-likeness (QED) is 0.689. The van der Waals surface area contributed by atoms with Crippen LogP contribution in [0.1, 0.15) is 11.4 Å². The largest absolute Gasteiger partial charge is 0.577 e. The van der Waals surface area contributed by atoms with Crippen molar-refractivity contribution in [1.82, 2.24) is 9.97 Å². The van der Waals surface area contributed by atoms with E-state index in [1.54, 1.807) is 0 Å². The van der Waals surface area contributed by atoms with Crippen molar-refractivity contribution in [3.05, 3.63) is 48.0 Å². The molecule has 2 nitrogen and oxygen atoms in total. The lowest BCUT2D eigenvalue weighted by molar-refractivity contribution is 0.712. The molecule has 14 heavy (non-hydrogen) atoms. The van der Waals surface area contributed by atoms with Gasteiger partial charge in [0.25, 0.3) is 0 Å². The molecule has 2 N–H and O–H groups in total. The second kappa shape index (κ2) is 6.02. The van der Waals surface area contributed by atoms with E-state index in [9.17, 15) is 8.63 Å². The van der Waals surface area contributed by atoms with Crippen LogP contribution in [0.25, 0.3) is 0 Å². The van der Waals surface area contributed by atoms with E-state index in [2.05, 4.69) is 22.1 Å². The molecule has 2 heterocycles. The summed E-state index contributed by atoms with van der Waals surface area (Å²) in [7, 11) is -1.00. The number of nitrogens with one attached hydrogen (secondary N) is 2. The summed E-state index contributed by atoms with van der Waals surface area (Å²) >= 11 is 0. The van der Waals surface area contributed by atoms with Crippen molar-refractivity contribution in [3.63, 3.8) is 0 Å². The van der Waals surface area contributed by atoms with Crippen LogP contribution in [0.15, 0.2) is 36.7 Å². The number of H-pyrrole nitrogens is 2. The minimum Gasteiger partial charge on any atom is -0.365 e. The lowest BCUT2D eigenvalue weighted by Crippen LogP contribution is -1.86. The van der Waals surface area contributed by atoms with E-state index in [0.717, 1.165) is 6.42 Å². The summed E-state index contributed by atoms with van der Waals surface area (Å²) in [5.74, 6) is 0. The summed E-state index contributed by atoms with van der Waals surface area (Å²) in [5.41, 5.74) is 2.49. The Hall–Kier alpha value is -1.52. The van der Waals surface area contributed by atoms with E-state index in [-0.39, 0.29) is 0 Å². The summed E-state index contributed by atoms with van der Waals surface area (Å²) in [6.45, 7) is 0. The summed E-state index contributed by atoms with van der Waals surface area (Å²) in [4.78, 5) is 6.31. The fourth-order valence-corrected chi connectivity index (χ4v) is 1.16. The average molecular weight is 195 g/mol. The molecule has 2 aromatic heterocycles. The van der Waals surface area contributed by atoms with Crippen molar-refractivity contribution in [2.24, 2.45) is 0 Å². The molecule has 0 aliphatic heterocycles. The van der Waals surface area contributed by atoms with E-state index in [1.165, 1.54) is 11.4 Å². The topological polar surface area (TPSA) is 31.6 Å². The Bertz CT molecular complexity index is 286. The van der Waals surface area contributed by atoms with Crippen LogP contribution in [-0.2, 0) is 6.42 Å². The number of rotatable bonds is 2. The van der Waals surface area contributed by atoms with Crippen LogP contribution in [0.2, 0.25) is 0 Å². The van der Waals surface area contributed by atoms with Crippen molar-refractivity contribution in [2.75, 3.05) is 0 Å². The van der Waals surface area contributed by atoms with E-state index in [0.29, 0.717) is 0 Å². The number of hydrogen-bond acceptors (Lipinski definition) is 0. The fourth-order valence-electron chi connectivity index (χ4n) is 1.16. The molecule has 5 heteroatoms. The first kappa shape index (κ1) is 10.6. The van der Waals surface area contributed by atoms with Crippen LogP contribution < -0.4 is 0 Å². The van der Waals surface area contributed by atoms with E-state index in [4.69, 9.17) is 0 Å². The zero-order chi connectivity index (χ0) is 10.2. The standard InChI is InChI=1S/C9H10N2.BF2/c1-3-8(10-5-1)7-9-4-2-6-11-9;2-1-3/h1-6,10-11H,7H2;. The minimum atomic E-state index is -1.00. The molecule has 0 spiro atoms. The van der Waals surface area contributed by atoms with Gasteiger partial charge in [0, 0.05) is 30.2 Å². The zero-order valence-corrected chi connectivity index (χ0v) is 7.50. The molecule has 0 aromatic carbocycles. The van der Waals surface area contributed by atoms with Gasteiger partial charge in [0.05, 0.1) is 0 Å². The number of aromatic nitrogens is 2. The van der Waals surface area contributed by atoms with Gasteiger partial charge >= 0.3 is 7.83 Å². The molecular weight excluding hydrogens is 185 g/mol. The van der Waals surface area contributed by atoms with Gasteiger partial charge in [-0.25, -0.2) is 0 Å². The molecule has 1 radical (unpaired) electrons. The van der Waals surface area contributed by atoms with Crippen LogP contribution in [0.3, 0.4) is 0 Å². The Balaban J connectivity index is 0.000000293. The Morgan fingerprint density at radius 2 is 1.43 bits per heavy atom. The monoisotopic (exact) mass is 195 g/mol. The number of halogens is 2. The molecule has 0 unspecified atom stereocenters. The van der Waals surface area contributed by atoms with Gasteiger partial charge in [0.15, 0.2) is 0 Å². The first-order chi connectivity index (χ1) is 6.86. The molecule has 0 bridgehead atoms. The van der Waals surface area contributed by atoms with Crippen LogP contribution >= 0.6 is 0 Å². The normalized spacial score (nSPS) is 9.00. The Labute approximate surface area is 81.7 Å². The second-order valence-electron chi connectivity index (χ2n) is 2.65. The van der Waals surface area contributed by atoms with Crippen molar-refractivity contribution in [2.45, 2.75) is 6.42 Å². The van der Waals surface area contributed by atoms with Crippen LogP contribution in [0.4, 0.5) is 8.63 Å². The van der Waals surface area contributed by atoms with Gasteiger partial charge in [0.2, 0.25) is 0 Å². The van der Waals surface area contributed by atoms with Crippen LogP contribution in [0.5, 0.6) is 0 Å². The third kappa shape index (κ3) is 3.47. The zero-order valence-electron chi connectivity index (χ0n) is 7.50. The second-order valence-corrected chi connectivity index (χ2v) is 2.65. The average Bonchev–Trinajstić information content (AvgIpc) is 2.79. The van der Waals surface area contributed by atoms with Gasteiger partial charge in [-0.05, 0) is 24.3 Å².